The number of carbonyl (C=O) groups is 2. The van der Waals surface area contributed by atoms with Crippen molar-refractivity contribution in [3.8, 4) is 0 Å². The lowest BCUT2D eigenvalue weighted by atomic mass is 9.72. The molecule has 3 aliphatic rings. The minimum Gasteiger partial charge on any atom is -0.478 e. The number of hydrogen-bond donors (Lipinski definition) is 4. The molecule has 0 spiro atoms. The standard InChI is InChI=1S/C29H26ClF2N3O3/c30-19-9-7-18(8-10-19)29(34-23-13-21(31)22(32)14-24(23)35-29)26(25-15-1-2-16(25)4-3-15)27(36)33-20-11-5-17(6-12-20)28(37)38/h5-16,25-26,34-35H,1-4H2,(H,33,36)(H,37,38). The number of benzene rings is 3. The van der Waals surface area contributed by atoms with E-state index < -0.39 is 29.2 Å². The summed E-state index contributed by atoms with van der Waals surface area (Å²) in [6.07, 6.45) is 4.11. The fourth-order valence-corrected chi connectivity index (χ4v) is 6.95. The quantitative estimate of drug-likeness (QED) is 0.281. The maximum atomic E-state index is 14.3. The topological polar surface area (TPSA) is 90.5 Å². The van der Waals surface area contributed by atoms with Crippen molar-refractivity contribution < 1.29 is 23.5 Å². The van der Waals surface area contributed by atoms with Crippen LogP contribution in [0.4, 0.5) is 25.8 Å². The second-order valence-electron chi connectivity index (χ2n) is 10.5. The minimum atomic E-state index is -1.20. The molecule has 0 radical (unpaired) electrons. The van der Waals surface area contributed by atoms with E-state index in [1.54, 1.807) is 24.3 Å². The molecule has 1 aliphatic heterocycles. The van der Waals surface area contributed by atoms with E-state index >= 15 is 0 Å². The monoisotopic (exact) mass is 537 g/mol. The van der Waals surface area contributed by atoms with Gasteiger partial charge in [0.05, 0.1) is 22.9 Å². The number of nitrogens with one attached hydrogen (secondary N) is 3. The summed E-state index contributed by atoms with van der Waals surface area (Å²) in [6, 6.07) is 15.3. The zero-order valence-electron chi connectivity index (χ0n) is 20.3. The molecule has 1 unspecified atom stereocenters. The van der Waals surface area contributed by atoms with E-state index in [9.17, 15) is 23.5 Å². The normalized spacial score (nSPS) is 23.3. The van der Waals surface area contributed by atoms with Crippen LogP contribution in [0.2, 0.25) is 5.02 Å². The van der Waals surface area contributed by atoms with Crippen molar-refractivity contribution in [3.63, 3.8) is 0 Å². The summed E-state index contributed by atoms with van der Waals surface area (Å²) < 4.78 is 28.5. The summed E-state index contributed by atoms with van der Waals surface area (Å²) in [7, 11) is 0. The van der Waals surface area contributed by atoms with Gasteiger partial charge in [-0.25, -0.2) is 13.6 Å². The molecule has 1 heterocycles. The lowest BCUT2D eigenvalue weighted by Gasteiger charge is -2.42. The van der Waals surface area contributed by atoms with E-state index in [0.717, 1.165) is 37.8 Å². The van der Waals surface area contributed by atoms with E-state index in [-0.39, 0.29) is 17.4 Å². The Hall–Kier alpha value is -3.65. The van der Waals surface area contributed by atoms with Crippen molar-refractivity contribution in [2.45, 2.75) is 31.3 Å². The van der Waals surface area contributed by atoms with Crippen molar-refractivity contribution >= 4 is 40.5 Å². The molecule has 6 nitrogen and oxygen atoms in total. The highest BCUT2D eigenvalue weighted by atomic mass is 35.5. The predicted octanol–water partition coefficient (Wildman–Crippen LogP) is 6.70. The van der Waals surface area contributed by atoms with Crippen molar-refractivity contribution in [1.29, 1.82) is 0 Å². The molecule has 4 N–H and O–H groups in total. The molecule has 0 aromatic heterocycles. The van der Waals surface area contributed by atoms with E-state index in [1.165, 1.54) is 12.1 Å². The van der Waals surface area contributed by atoms with E-state index in [1.807, 2.05) is 12.1 Å². The van der Waals surface area contributed by atoms with Crippen molar-refractivity contribution in [2.75, 3.05) is 16.0 Å². The molecule has 2 fully saturated rings. The maximum absolute atomic E-state index is 14.3. The highest BCUT2D eigenvalue weighted by Gasteiger charge is 2.58. The number of fused-ring (bicyclic) bond motifs is 3. The molecule has 2 bridgehead atoms. The highest BCUT2D eigenvalue weighted by molar-refractivity contribution is 6.30. The van der Waals surface area contributed by atoms with Gasteiger partial charge in [0.25, 0.3) is 0 Å². The molecular formula is C29H26ClF2N3O3. The molecule has 3 aromatic carbocycles. The van der Waals surface area contributed by atoms with Crippen LogP contribution in [0.15, 0.2) is 60.7 Å². The third-order valence-electron chi connectivity index (χ3n) is 8.46. The molecular weight excluding hydrogens is 512 g/mol. The summed E-state index contributed by atoms with van der Waals surface area (Å²) in [5.74, 6) is -3.24. The average molecular weight is 538 g/mol. The largest absolute Gasteiger partial charge is 0.478 e. The number of halogens is 3. The van der Waals surface area contributed by atoms with Gasteiger partial charge < -0.3 is 21.1 Å². The van der Waals surface area contributed by atoms with Gasteiger partial charge in [-0.1, -0.05) is 23.7 Å². The maximum Gasteiger partial charge on any atom is 0.335 e. The zero-order chi connectivity index (χ0) is 26.6. The Labute approximate surface area is 223 Å². The zero-order valence-corrected chi connectivity index (χ0v) is 21.1. The van der Waals surface area contributed by atoms with Crippen molar-refractivity contribution in [1.82, 2.24) is 0 Å². The lowest BCUT2D eigenvalue weighted by Crippen LogP contribution is -2.54. The van der Waals surface area contributed by atoms with Crippen LogP contribution in [0, 0.1) is 35.3 Å². The Bertz CT molecular complexity index is 1360. The Balaban J connectivity index is 1.46. The van der Waals surface area contributed by atoms with Gasteiger partial charge in [0, 0.05) is 22.8 Å². The smallest absolute Gasteiger partial charge is 0.335 e. The van der Waals surface area contributed by atoms with Crippen LogP contribution in [0.25, 0.3) is 0 Å². The molecule has 2 saturated carbocycles. The molecule has 3 aromatic rings. The average Bonchev–Trinajstić information content (AvgIpc) is 3.59. The van der Waals surface area contributed by atoms with Gasteiger partial charge >= 0.3 is 5.97 Å². The molecule has 2 aliphatic carbocycles. The Kier molecular flexibility index (Phi) is 6.02. The Morgan fingerprint density at radius 2 is 1.42 bits per heavy atom. The van der Waals surface area contributed by atoms with E-state index in [2.05, 4.69) is 16.0 Å². The number of anilines is 3. The highest BCUT2D eigenvalue weighted by Crippen LogP contribution is 2.58. The second-order valence-corrected chi connectivity index (χ2v) is 10.9. The minimum absolute atomic E-state index is 0.0213. The fourth-order valence-electron chi connectivity index (χ4n) is 6.82. The fraction of sp³-hybridized carbons (Fsp3) is 0.310. The summed E-state index contributed by atoms with van der Waals surface area (Å²) >= 11 is 6.20. The van der Waals surface area contributed by atoms with Crippen LogP contribution in [-0.4, -0.2) is 17.0 Å². The molecule has 196 valence electrons. The molecule has 1 amide bonds. The number of hydrogen-bond acceptors (Lipinski definition) is 4. The number of aromatic carboxylic acids is 1. The summed E-state index contributed by atoms with van der Waals surface area (Å²) in [4.78, 5) is 25.6. The Morgan fingerprint density at radius 1 is 0.895 bits per heavy atom. The first-order valence-corrected chi connectivity index (χ1v) is 13.1. The van der Waals surface area contributed by atoms with E-state index in [4.69, 9.17) is 11.6 Å². The van der Waals surface area contributed by atoms with Crippen molar-refractivity contribution in [3.05, 3.63) is 88.4 Å². The number of amides is 1. The number of rotatable bonds is 6. The summed E-state index contributed by atoms with van der Waals surface area (Å²) in [6.45, 7) is 0. The molecule has 9 heteroatoms. The van der Waals surface area contributed by atoms with Crippen molar-refractivity contribution in [2.24, 2.45) is 23.7 Å². The molecule has 38 heavy (non-hydrogen) atoms. The third-order valence-corrected chi connectivity index (χ3v) is 8.71. The van der Waals surface area contributed by atoms with Crippen LogP contribution < -0.4 is 16.0 Å². The lowest BCUT2D eigenvalue weighted by molar-refractivity contribution is -0.124. The van der Waals surface area contributed by atoms with Gasteiger partial charge in [-0.15, -0.1) is 0 Å². The molecule has 0 saturated heterocycles. The first kappa shape index (κ1) is 24.7. The first-order valence-electron chi connectivity index (χ1n) is 12.7. The van der Waals surface area contributed by atoms with Gasteiger partial charge in [0.2, 0.25) is 5.91 Å². The van der Waals surface area contributed by atoms with Crippen LogP contribution >= 0.6 is 11.6 Å². The first-order chi connectivity index (χ1) is 18.2. The van der Waals surface area contributed by atoms with Crippen LogP contribution in [0.5, 0.6) is 0 Å². The van der Waals surface area contributed by atoms with Gasteiger partial charge in [-0.2, -0.15) is 0 Å². The van der Waals surface area contributed by atoms with Crippen LogP contribution in [-0.2, 0) is 10.5 Å². The predicted molar refractivity (Wildman–Crippen MR) is 141 cm³/mol. The van der Waals surface area contributed by atoms with Gasteiger partial charge in [0.15, 0.2) is 11.6 Å². The van der Waals surface area contributed by atoms with Crippen LogP contribution in [0.3, 0.4) is 0 Å². The van der Waals surface area contributed by atoms with Gasteiger partial charge in [-0.3, -0.25) is 4.79 Å². The SMILES string of the molecule is O=C(O)c1ccc(NC(=O)C(C2C3CCC2CC3)C2(c3ccc(Cl)cc3)Nc3cc(F)c(F)cc3N2)cc1. The number of carboxylic acid groups (broad SMARTS) is 1. The summed E-state index contributed by atoms with van der Waals surface area (Å²) in [5, 5.41) is 19.5. The Morgan fingerprint density at radius 3 is 1.92 bits per heavy atom. The number of carbonyl (C=O) groups excluding carboxylic acids is 1. The number of carboxylic acids is 1. The van der Waals surface area contributed by atoms with E-state index in [0.29, 0.717) is 39.5 Å². The summed E-state index contributed by atoms with van der Waals surface area (Å²) in [5.41, 5.74) is 0.833. The van der Waals surface area contributed by atoms with Crippen LogP contribution in [0.1, 0.15) is 41.6 Å². The van der Waals surface area contributed by atoms with Gasteiger partial charge in [-0.05, 0) is 85.4 Å². The second kappa shape index (κ2) is 9.27. The molecule has 1 atom stereocenters. The molecule has 6 rings (SSSR count). The third kappa shape index (κ3) is 4.07. The van der Waals surface area contributed by atoms with Gasteiger partial charge in [0.1, 0.15) is 5.66 Å².